The van der Waals surface area contributed by atoms with Crippen LogP contribution in [0.5, 0.6) is 0 Å². The van der Waals surface area contributed by atoms with Crippen LogP contribution in [0.1, 0.15) is 118 Å². The first-order valence-electron chi connectivity index (χ1n) is 14.1. The van der Waals surface area contributed by atoms with Crippen molar-refractivity contribution in [2.24, 2.45) is 46.3 Å². The van der Waals surface area contributed by atoms with Gasteiger partial charge in [0.05, 0.1) is 11.2 Å². The number of allylic oxidation sites excluding steroid dienone is 1. The summed E-state index contributed by atoms with van der Waals surface area (Å²) in [5, 5.41) is 21.7. The number of aliphatic hydroxyl groups is 2. The molecule has 4 saturated carbocycles. The molecule has 0 aromatic carbocycles. The zero-order chi connectivity index (χ0) is 22.9. The monoisotopic (exact) mass is 442 g/mol. The van der Waals surface area contributed by atoms with Gasteiger partial charge < -0.3 is 10.2 Å². The number of fused-ring (bicyclic) bond motifs is 5. The van der Waals surface area contributed by atoms with E-state index in [0.717, 1.165) is 48.9 Å². The van der Waals surface area contributed by atoms with Crippen molar-refractivity contribution >= 4 is 0 Å². The maximum atomic E-state index is 10.9. The molecule has 4 fully saturated rings. The van der Waals surface area contributed by atoms with Crippen molar-refractivity contribution in [2.75, 3.05) is 0 Å². The van der Waals surface area contributed by atoms with E-state index in [0.29, 0.717) is 16.7 Å². The van der Waals surface area contributed by atoms with Crippen LogP contribution in [0, 0.1) is 46.3 Å². The highest BCUT2D eigenvalue weighted by molar-refractivity contribution is 5.26. The Morgan fingerprint density at radius 2 is 1.78 bits per heavy atom. The third-order valence-electron chi connectivity index (χ3n) is 12.0. The highest BCUT2D eigenvalue weighted by Crippen LogP contribution is 2.68. The molecule has 0 radical (unpaired) electrons. The summed E-state index contributed by atoms with van der Waals surface area (Å²) >= 11 is 0. The molecule has 0 aliphatic heterocycles. The van der Waals surface area contributed by atoms with Gasteiger partial charge in [-0.15, -0.1) is 0 Å². The lowest BCUT2D eigenvalue weighted by Crippen LogP contribution is -2.52. The molecule has 0 aromatic heterocycles. The van der Waals surface area contributed by atoms with Crippen LogP contribution in [0.15, 0.2) is 11.6 Å². The molecule has 182 valence electrons. The molecule has 2 heteroatoms. The van der Waals surface area contributed by atoms with Gasteiger partial charge in [-0.2, -0.15) is 0 Å². The highest BCUT2D eigenvalue weighted by atomic mass is 16.3. The predicted octanol–water partition coefficient (Wildman–Crippen LogP) is 7.28. The van der Waals surface area contributed by atoms with Crippen LogP contribution in [-0.2, 0) is 0 Å². The molecular formula is C30H50O2. The smallest absolute Gasteiger partial charge is 0.0657 e. The van der Waals surface area contributed by atoms with Crippen molar-refractivity contribution in [3.8, 4) is 0 Å². The minimum absolute atomic E-state index is 0.331. The van der Waals surface area contributed by atoms with Crippen LogP contribution >= 0.6 is 0 Å². The number of hydrogen-bond donors (Lipinski definition) is 2. The Hall–Kier alpha value is -0.340. The van der Waals surface area contributed by atoms with Gasteiger partial charge in [0, 0.05) is 0 Å². The second-order valence-corrected chi connectivity index (χ2v) is 14.0. The Morgan fingerprint density at radius 3 is 2.47 bits per heavy atom. The van der Waals surface area contributed by atoms with Gasteiger partial charge in [-0.25, -0.2) is 0 Å². The highest BCUT2D eigenvalue weighted by Gasteiger charge is 2.60. The lowest BCUT2D eigenvalue weighted by molar-refractivity contribution is -0.0729. The summed E-state index contributed by atoms with van der Waals surface area (Å²) in [4.78, 5) is 0. The van der Waals surface area contributed by atoms with Gasteiger partial charge in [0.2, 0.25) is 0 Å². The topological polar surface area (TPSA) is 40.5 Å². The molecule has 0 heterocycles. The second kappa shape index (κ2) is 7.84. The average Bonchev–Trinajstić information content (AvgIpc) is 3.53. The van der Waals surface area contributed by atoms with Gasteiger partial charge in [-0.05, 0) is 137 Å². The SMILES string of the molecule is CC[C@H](CC[C@](C)(O)C1CC1)C1CC[C@H]2[C@@H]3CC=C4C[C@@](C)(O)CC[C@]4(C)[C@H]3CC[C@]12C. The quantitative estimate of drug-likeness (QED) is 0.424. The third-order valence-corrected chi connectivity index (χ3v) is 12.0. The Balaban J connectivity index is 1.33. The van der Waals surface area contributed by atoms with Gasteiger partial charge in [0.25, 0.3) is 0 Å². The first-order chi connectivity index (χ1) is 15.0. The van der Waals surface area contributed by atoms with Crippen molar-refractivity contribution < 1.29 is 10.2 Å². The van der Waals surface area contributed by atoms with Crippen molar-refractivity contribution in [1.29, 1.82) is 0 Å². The lowest BCUT2D eigenvalue weighted by Gasteiger charge is -2.59. The summed E-state index contributed by atoms with van der Waals surface area (Å²) in [5.41, 5.74) is 1.50. The van der Waals surface area contributed by atoms with Gasteiger partial charge in [0.15, 0.2) is 0 Å². The maximum Gasteiger partial charge on any atom is 0.0657 e. The molecule has 32 heavy (non-hydrogen) atoms. The second-order valence-electron chi connectivity index (χ2n) is 14.0. The zero-order valence-electron chi connectivity index (χ0n) is 21.6. The fraction of sp³-hybridized carbons (Fsp3) is 0.933. The Labute approximate surface area is 197 Å². The Morgan fingerprint density at radius 1 is 1.03 bits per heavy atom. The molecule has 0 aromatic rings. The fourth-order valence-electron chi connectivity index (χ4n) is 9.70. The first kappa shape index (κ1) is 23.4. The van der Waals surface area contributed by atoms with Crippen LogP contribution < -0.4 is 0 Å². The van der Waals surface area contributed by atoms with E-state index in [1.807, 2.05) is 6.92 Å². The van der Waals surface area contributed by atoms with Gasteiger partial charge in [0.1, 0.15) is 0 Å². The molecule has 0 saturated heterocycles. The van der Waals surface area contributed by atoms with Gasteiger partial charge >= 0.3 is 0 Å². The molecule has 9 atom stereocenters. The number of hydrogen-bond acceptors (Lipinski definition) is 2. The van der Waals surface area contributed by atoms with E-state index in [1.165, 1.54) is 64.2 Å². The Kier molecular flexibility index (Phi) is 5.73. The van der Waals surface area contributed by atoms with Gasteiger partial charge in [-0.3, -0.25) is 0 Å². The maximum absolute atomic E-state index is 10.9. The average molecular weight is 443 g/mol. The van der Waals surface area contributed by atoms with Crippen molar-refractivity contribution in [3.63, 3.8) is 0 Å². The summed E-state index contributed by atoms with van der Waals surface area (Å²) in [6.07, 6.45) is 18.5. The van der Waals surface area contributed by atoms with Crippen LogP contribution in [0.3, 0.4) is 0 Å². The van der Waals surface area contributed by atoms with Crippen LogP contribution in [0.25, 0.3) is 0 Å². The largest absolute Gasteiger partial charge is 0.390 e. The van der Waals surface area contributed by atoms with E-state index < -0.39 is 11.2 Å². The first-order valence-corrected chi connectivity index (χ1v) is 14.1. The summed E-state index contributed by atoms with van der Waals surface area (Å²) in [6.45, 7) is 11.8. The summed E-state index contributed by atoms with van der Waals surface area (Å²) < 4.78 is 0. The predicted molar refractivity (Wildman–Crippen MR) is 132 cm³/mol. The van der Waals surface area contributed by atoms with E-state index in [-0.39, 0.29) is 0 Å². The lowest BCUT2D eigenvalue weighted by atomic mass is 9.46. The molecule has 0 bridgehead atoms. The fourth-order valence-corrected chi connectivity index (χ4v) is 9.70. The normalized spacial score (nSPS) is 48.8. The minimum atomic E-state index is -0.490. The molecule has 5 aliphatic rings. The molecule has 0 amide bonds. The molecule has 5 rings (SSSR count). The summed E-state index contributed by atoms with van der Waals surface area (Å²) in [7, 11) is 0. The van der Waals surface area contributed by atoms with Crippen LogP contribution in [0.2, 0.25) is 0 Å². The molecule has 0 spiro atoms. The molecule has 1 unspecified atom stereocenters. The number of rotatable bonds is 6. The van der Waals surface area contributed by atoms with Crippen LogP contribution in [-0.4, -0.2) is 21.4 Å². The third kappa shape index (κ3) is 3.74. The van der Waals surface area contributed by atoms with Gasteiger partial charge in [-0.1, -0.05) is 38.8 Å². The van der Waals surface area contributed by atoms with Crippen molar-refractivity contribution in [3.05, 3.63) is 11.6 Å². The van der Waals surface area contributed by atoms with E-state index in [4.69, 9.17) is 0 Å². The van der Waals surface area contributed by atoms with Crippen molar-refractivity contribution in [2.45, 2.75) is 129 Å². The summed E-state index contributed by atoms with van der Waals surface area (Å²) in [5.74, 6) is 4.75. The zero-order valence-corrected chi connectivity index (χ0v) is 21.6. The van der Waals surface area contributed by atoms with Crippen molar-refractivity contribution in [1.82, 2.24) is 0 Å². The molecular weight excluding hydrogens is 392 g/mol. The summed E-state index contributed by atoms with van der Waals surface area (Å²) in [6, 6.07) is 0. The van der Waals surface area contributed by atoms with E-state index in [9.17, 15) is 10.2 Å². The van der Waals surface area contributed by atoms with E-state index in [1.54, 1.807) is 5.57 Å². The minimum Gasteiger partial charge on any atom is -0.390 e. The molecule has 2 N–H and O–H groups in total. The Bertz CT molecular complexity index is 746. The van der Waals surface area contributed by atoms with E-state index in [2.05, 4.69) is 33.8 Å². The molecule has 2 nitrogen and oxygen atoms in total. The molecule has 5 aliphatic carbocycles. The van der Waals surface area contributed by atoms with E-state index >= 15 is 0 Å². The van der Waals surface area contributed by atoms with Crippen LogP contribution in [0.4, 0.5) is 0 Å². The standard InChI is InChI=1S/C30H50O2/c1-6-20(13-16-30(5,32)21-7-8-21)24-11-12-25-23-10-9-22-19-27(2,31)17-18-28(22,3)26(23)14-15-29(24,25)4/h9,20-21,23-26,31-32H,6-8,10-19H2,1-5H3/t20-,23+,24?,25+,26+,27+,28+,29-,30+/m1/s1.